The van der Waals surface area contributed by atoms with Gasteiger partial charge in [-0.3, -0.25) is 4.79 Å². The maximum Gasteiger partial charge on any atom is 0.253 e. The molecule has 0 unspecified atom stereocenters. The molecule has 1 amide bonds. The van der Waals surface area contributed by atoms with Crippen LogP contribution in [0.15, 0.2) is 59.3 Å². The van der Waals surface area contributed by atoms with Crippen LogP contribution in [0.3, 0.4) is 0 Å². The Hall–Kier alpha value is -3.78. The molecule has 1 saturated heterocycles. The van der Waals surface area contributed by atoms with E-state index in [-0.39, 0.29) is 12.0 Å². The highest BCUT2D eigenvalue weighted by Crippen LogP contribution is 2.31. The Morgan fingerprint density at radius 3 is 2.61 bits per heavy atom. The van der Waals surface area contributed by atoms with Crippen LogP contribution < -0.4 is 5.73 Å². The molecule has 1 aliphatic heterocycles. The van der Waals surface area contributed by atoms with Crippen LogP contribution >= 0.6 is 0 Å². The molecule has 3 aromatic heterocycles. The van der Waals surface area contributed by atoms with E-state index in [0.717, 1.165) is 11.1 Å². The summed E-state index contributed by atoms with van der Waals surface area (Å²) in [7, 11) is 0. The van der Waals surface area contributed by atoms with Crippen LogP contribution in [0.2, 0.25) is 0 Å². The number of hydrogen-bond acceptors (Lipinski definition) is 7. The number of rotatable bonds is 3. The van der Waals surface area contributed by atoms with Gasteiger partial charge >= 0.3 is 0 Å². The van der Waals surface area contributed by atoms with Gasteiger partial charge in [0.2, 0.25) is 11.6 Å². The molecule has 4 aromatic rings. The fourth-order valence-corrected chi connectivity index (χ4v) is 3.75. The number of pyridine rings is 2. The average Bonchev–Trinajstić information content (AvgIpc) is 3.24. The molecule has 1 aliphatic rings. The van der Waals surface area contributed by atoms with E-state index in [9.17, 15) is 9.90 Å². The Kier molecular flexibility index (Phi) is 4.83. The average molecular weight is 415 g/mol. The zero-order chi connectivity index (χ0) is 21.4. The minimum Gasteiger partial charge on any atom is -0.418 e. The van der Waals surface area contributed by atoms with Crippen molar-refractivity contribution >= 4 is 23.0 Å². The molecule has 0 spiro atoms. The molecule has 8 nitrogen and oxygen atoms in total. The smallest absolute Gasteiger partial charge is 0.253 e. The number of piperidine rings is 1. The number of likely N-dealkylation sites (tertiary alicyclic amines) is 1. The molecular formula is C23H21N5O3. The number of oxazole rings is 1. The number of carbonyl (C=O) groups is 1. The van der Waals surface area contributed by atoms with Gasteiger partial charge in [-0.1, -0.05) is 12.1 Å². The molecule has 31 heavy (non-hydrogen) atoms. The largest absolute Gasteiger partial charge is 0.418 e. The van der Waals surface area contributed by atoms with Gasteiger partial charge < -0.3 is 20.2 Å². The van der Waals surface area contributed by atoms with Gasteiger partial charge in [-0.2, -0.15) is 0 Å². The Morgan fingerprint density at radius 1 is 1.10 bits per heavy atom. The molecular weight excluding hydrogens is 394 g/mol. The fourth-order valence-electron chi connectivity index (χ4n) is 3.75. The zero-order valence-electron chi connectivity index (χ0n) is 16.7. The van der Waals surface area contributed by atoms with Crippen molar-refractivity contribution in [2.45, 2.75) is 18.9 Å². The van der Waals surface area contributed by atoms with Crippen LogP contribution in [0.25, 0.3) is 33.8 Å². The third-order valence-electron chi connectivity index (χ3n) is 5.53. The number of aliphatic hydroxyl groups excluding tert-OH is 1. The topological polar surface area (TPSA) is 118 Å². The van der Waals surface area contributed by atoms with Gasteiger partial charge in [-0.15, -0.1) is 0 Å². The lowest BCUT2D eigenvalue weighted by molar-refractivity contribution is 0.0546. The monoisotopic (exact) mass is 415 g/mol. The second kappa shape index (κ2) is 7.81. The van der Waals surface area contributed by atoms with E-state index in [1.165, 1.54) is 0 Å². The van der Waals surface area contributed by atoms with E-state index in [1.54, 1.807) is 23.4 Å². The number of fused-ring (bicyclic) bond motifs is 1. The molecule has 5 rings (SSSR count). The Labute approximate surface area is 178 Å². The number of nitrogens with two attached hydrogens (primary N) is 1. The molecule has 156 valence electrons. The molecule has 1 fully saturated rings. The minimum absolute atomic E-state index is 0.0199. The van der Waals surface area contributed by atoms with Gasteiger partial charge in [0.15, 0.2) is 0 Å². The SMILES string of the molecule is Nc1ncc(-c2ccc(C(=O)N3CCC(O)CC3)cc2)cc1-c1nc2cccnc2o1. The van der Waals surface area contributed by atoms with E-state index < -0.39 is 0 Å². The van der Waals surface area contributed by atoms with Gasteiger partial charge in [0.25, 0.3) is 5.91 Å². The van der Waals surface area contributed by atoms with E-state index in [1.807, 2.05) is 36.4 Å². The summed E-state index contributed by atoms with van der Waals surface area (Å²) in [5, 5.41) is 9.64. The van der Waals surface area contributed by atoms with Gasteiger partial charge in [0.05, 0.1) is 11.7 Å². The number of aliphatic hydroxyl groups is 1. The molecule has 1 aromatic carbocycles. The van der Waals surface area contributed by atoms with Crippen molar-refractivity contribution in [3.05, 3.63) is 60.4 Å². The van der Waals surface area contributed by atoms with Crippen molar-refractivity contribution in [1.82, 2.24) is 19.9 Å². The standard InChI is InChI=1S/C23H21N5O3/c24-20-18(21-27-19-2-1-9-25-22(19)31-21)12-16(13-26-20)14-3-5-15(6-4-14)23(30)28-10-7-17(29)8-11-28/h1-6,9,12-13,17,29H,7-8,10-11H2,(H2,24,26). The quantitative estimate of drug-likeness (QED) is 0.528. The first-order valence-corrected chi connectivity index (χ1v) is 10.1. The lowest BCUT2D eigenvalue weighted by Gasteiger charge is -2.29. The summed E-state index contributed by atoms with van der Waals surface area (Å²) in [6.07, 6.45) is 4.26. The maximum atomic E-state index is 12.7. The number of nitrogen functional groups attached to an aromatic ring is 1. The van der Waals surface area contributed by atoms with E-state index in [4.69, 9.17) is 10.2 Å². The predicted octanol–water partition coefficient (Wildman–Crippen LogP) is 3.13. The highest BCUT2D eigenvalue weighted by Gasteiger charge is 2.22. The first kappa shape index (κ1) is 19.2. The number of carbonyl (C=O) groups excluding carboxylic acids is 1. The lowest BCUT2D eigenvalue weighted by Crippen LogP contribution is -2.40. The number of hydrogen-bond donors (Lipinski definition) is 2. The highest BCUT2D eigenvalue weighted by molar-refractivity contribution is 5.95. The summed E-state index contributed by atoms with van der Waals surface area (Å²) in [5.41, 5.74) is 10.1. The molecule has 3 N–H and O–H groups in total. The third-order valence-corrected chi connectivity index (χ3v) is 5.53. The second-order valence-corrected chi connectivity index (χ2v) is 7.60. The van der Waals surface area contributed by atoms with Gasteiger partial charge in [-0.05, 0) is 48.7 Å². The van der Waals surface area contributed by atoms with Crippen LogP contribution in [0.5, 0.6) is 0 Å². The molecule has 0 radical (unpaired) electrons. The number of anilines is 1. The molecule has 4 heterocycles. The van der Waals surface area contributed by atoms with Gasteiger partial charge in [-0.25, -0.2) is 15.0 Å². The summed E-state index contributed by atoms with van der Waals surface area (Å²) in [6, 6.07) is 12.9. The Bertz CT molecular complexity index is 1210. The number of amides is 1. The summed E-state index contributed by atoms with van der Waals surface area (Å²) in [5.74, 6) is 0.655. The Balaban J connectivity index is 1.41. The molecule has 8 heteroatoms. The summed E-state index contributed by atoms with van der Waals surface area (Å²) in [4.78, 5) is 27.4. The zero-order valence-corrected chi connectivity index (χ0v) is 16.7. The Morgan fingerprint density at radius 2 is 1.87 bits per heavy atom. The van der Waals surface area contributed by atoms with E-state index in [2.05, 4.69) is 15.0 Å². The molecule has 0 bridgehead atoms. The van der Waals surface area contributed by atoms with Crippen LogP contribution in [0.4, 0.5) is 5.82 Å². The van der Waals surface area contributed by atoms with Gasteiger partial charge in [0, 0.05) is 36.6 Å². The summed E-state index contributed by atoms with van der Waals surface area (Å²) in [6.45, 7) is 1.15. The van der Waals surface area contributed by atoms with Crippen molar-refractivity contribution < 1.29 is 14.3 Å². The second-order valence-electron chi connectivity index (χ2n) is 7.60. The number of benzene rings is 1. The van der Waals surface area contributed by atoms with Crippen LogP contribution in [-0.4, -0.2) is 50.1 Å². The molecule has 0 saturated carbocycles. The molecule has 0 atom stereocenters. The van der Waals surface area contributed by atoms with Gasteiger partial charge in [0.1, 0.15) is 11.3 Å². The van der Waals surface area contributed by atoms with Crippen LogP contribution in [-0.2, 0) is 0 Å². The number of aromatic nitrogens is 3. The van der Waals surface area contributed by atoms with E-state index >= 15 is 0 Å². The van der Waals surface area contributed by atoms with Crippen molar-refractivity contribution in [1.29, 1.82) is 0 Å². The van der Waals surface area contributed by atoms with E-state index in [0.29, 0.717) is 60.0 Å². The van der Waals surface area contributed by atoms with Crippen molar-refractivity contribution in [3.63, 3.8) is 0 Å². The predicted molar refractivity (Wildman–Crippen MR) is 116 cm³/mol. The molecule has 0 aliphatic carbocycles. The van der Waals surface area contributed by atoms with Crippen molar-refractivity contribution in [3.8, 4) is 22.6 Å². The summed E-state index contributed by atoms with van der Waals surface area (Å²) < 4.78 is 5.74. The third kappa shape index (κ3) is 3.73. The lowest BCUT2D eigenvalue weighted by atomic mass is 10.0. The van der Waals surface area contributed by atoms with Crippen LogP contribution in [0.1, 0.15) is 23.2 Å². The van der Waals surface area contributed by atoms with Crippen molar-refractivity contribution in [2.24, 2.45) is 0 Å². The summed E-state index contributed by atoms with van der Waals surface area (Å²) >= 11 is 0. The first-order valence-electron chi connectivity index (χ1n) is 10.1. The van der Waals surface area contributed by atoms with Crippen molar-refractivity contribution in [2.75, 3.05) is 18.8 Å². The normalized spacial score (nSPS) is 14.8. The fraction of sp³-hybridized carbons (Fsp3) is 0.217. The number of nitrogens with zero attached hydrogens (tertiary/aromatic N) is 4. The minimum atomic E-state index is -0.310. The highest BCUT2D eigenvalue weighted by atomic mass is 16.4. The first-order chi connectivity index (χ1) is 15.1. The van der Waals surface area contributed by atoms with Crippen LogP contribution in [0, 0.1) is 0 Å². The maximum absolute atomic E-state index is 12.7.